The van der Waals surface area contributed by atoms with Crippen molar-refractivity contribution in [2.45, 2.75) is 19.8 Å². The summed E-state index contributed by atoms with van der Waals surface area (Å²) in [6.45, 7) is 2.09. The molecule has 0 spiro atoms. The zero-order valence-corrected chi connectivity index (χ0v) is 18.3. The molecule has 1 amide bonds. The number of nitro benzene ring substituents is 1. The molecule has 7 heteroatoms. The lowest BCUT2D eigenvalue weighted by atomic mass is 10.0. The Kier molecular flexibility index (Phi) is 6.37. The Morgan fingerprint density at radius 2 is 1.56 bits per heavy atom. The van der Waals surface area contributed by atoms with Crippen LogP contribution in [0.15, 0.2) is 78.9 Å². The molecule has 4 aromatic rings. The van der Waals surface area contributed by atoms with Gasteiger partial charge in [0, 0.05) is 16.5 Å². The van der Waals surface area contributed by atoms with Crippen LogP contribution in [0.5, 0.6) is 0 Å². The van der Waals surface area contributed by atoms with Gasteiger partial charge in [0.15, 0.2) is 5.13 Å². The van der Waals surface area contributed by atoms with Gasteiger partial charge in [0.05, 0.1) is 10.6 Å². The van der Waals surface area contributed by atoms with E-state index in [1.807, 2.05) is 30.3 Å². The van der Waals surface area contributed by atoms with Crippen molar-refractivity contribution in [3.8, 4) is 22.4 Å². The first-order valence-electron chi connectivity index (χ1n) is 10.3. The minimum Gasteiger partial charge on any atom is -0.298 e. The van der Waals surface area contributed by atoms with E-state index in [0.29, 0.717) is 5.13 Å². The van der Waals surface area contributed by atoms with Crippen molar-refractivity contribution in [3.05, 3.63) is 99.4 Å². The van der Waals surface area contributed by atoms with Gasteiger partial charge in [-0.1, -0.05) is 80.1 Å². The molecule has 160 valence electrons. The van der Waals surface area contributed by atoms with E-state index in [1.165, 1.54) is 29.5 Å². The molecule has 0 radical (unpaired) electrons. The summed E-state index contributed by atoms with van der Waals surface area (Å²) in [6.07, 6.45) is 1.77. The highest BCUT2D eigenvalue weighted by molar-refractivity contribution is 7.16. The van der Waals surface area contributed by atoms with E-state index < -0.39 is 10.8 Å². The normalized spacial score (nSPS) is 10.7. The first-order chi connectivity index (χ1) is 15.6. The molecule has 1 aromatic heterocycles. The van der Waals surface area contributed by atoms with Crippen LogP contribution in [0.3, 0.4) is 0 Å². The summed E-state index contributed by atoms with van der Waals surface area (Å²) in [7, 11) is 0. The van der Waals surface area contributed by atoms with Crippen LogP contribution in [0.25, 0.3) is 22.4 Å². The minimum atomic E-state index is -0.557. The number of nitrogens with one attached hydrogen (secondary N) is 1. The fourth-order valence-electron chi connectivity index (χ4n) is 3.47. The van der Waals surface area contributed by atoms with Gasteiger partial charge in [0.25, 0.3) is 11.6 Å². The Balaban J connectivity index is 1.62. The minimum absolute atomic E-state index is 0.0125. The van der Waals surface area contributed by atoms with Gasteiger partial charge >= 0.3 is 0 Å². The number of aromatic nitrogens is 1. The number of rotatable bonds is 7. The van der Waals surface area contributed by atoms with Gasteiger partial charge in [-0.3, -0.25) is 20.2 Å². The number of nitrogens with zero attached hydrogens (tertiary/aromatic N) is 2. The highest BCUT2D eigenvalue weighted by Gasteiger charge is 2.21. The Morgan fingerprint density at radius 3 is 2.25 bits per heavy atom. The molecular weight excluding hydrogens is 422 g/mol. The predicted molar refractivity (Wildman–Crippen MR) is 128 cm³/mol. The first kappa shape index (κ1) is 21.4. The number of aryl methyl sites for hydroxylation is 1. The zero-order valence-electron chi connectivity index (χ0n) is 17.4. The van der Waals surface area contributed by atoms with Crippen molar-refractivity contribution in [1.82, 2.24) is 4.98 Å². The fourth-order valence-corrected chi connectivity index (χ4v) is 4.55. The Bertz CT molecular complexity index is 1250. The van der Waals surface area contributed by atoms with Crippen LogP contribution in [0.2, 0.25) is 0 Å². The summed E-state index contributed by atoms with van der Waals surface area (Å²) in [5, 5.41) is 14.4. The zero-order chi connectivity index (χ0) is 22.5. The van der Waals surface area contributed by atoms with Gasteiger partial charge in [0.2, 0.25) is 0 Å². The summed E-state index contributed by atoms with van der Waals surface area (Å²) in [5.74, 6) is -0.542. The number of benzene rings is 3. The second kappa shape index (κ2) is 9.53. The molecule has 1 N–H and O–H groups in total. The predicted octanol–water partition coefficient (Wildman–Crippen LogP) is 6.59. The van der Waals surface area contributed by atoms with E-state index in [0.717, 1.165) is 40.1 Å². The van der Waals surface area contributed by atoms with Gasteiger partial charge in [-0.05, 0) is 23.6 Å². The van der Waals surface area contributed by atoms with Gasteiger partial charge in [-0.25, -0.2) is 4.98 Å². The summed E-state index contributed by atoms with van der Waals surface area (Å²) in [4.78, 5) is 29.1. The highest BCUT2D eigenvalue weighted by atomic mass is 32.1. The van der Waals surface area contributed by atoms with E-state index in [4.69, 9.17) is 0 Å². The number of anilines is 1. The molecule has 0 fully saturated rings. The molecule has 0 saturated carbocycles. The maximum atomic E-state index is 12.7. The number of para-hydroxylation sites is 1. The van der Waals surface area contributed by atoms with Gasteiger partial charge < -0.3 is 0 Å². The average molecular weight is 444 g/mol. The number of hydrogen-bond donors (Lipinski definition) is 1. The van der Waals surface area contributed by atoms with Crippen LogP contribution in [0, 0.1) is 10.1 Å². The van der Waals surface area contributed by atoms with Crippen molar-refractivity contribution >= 4 is 28.1 Å². The number of amides is 1. The van der Waals surface area contributed by atoms with Crippen LogP contribution in [0.4, 0.5) is 10.8 Å². The molecule has 0 aliphatic carbocycles. The van der Waals surface area contributed by atoms with Crippen molar-refractivity contribution in [1.29, 1.82) is 0 Å². The second-order valence-corrected chi connectivity index (χ2v) is 8.30. The Hall–Kier alpha value is -3.84. The van der Waals surface area contributed by atoms with E-state index in [1.54, 1.807) is 6.07 Å². The second-order valence-electron chi connectivity index (χ2n) is 7.21. The monoisotopic (exact) mass is 443 g/mol. The average Bonchev–Trinajstić information content (AvgIpc) is 3.22. The fraction of sp³-hybridized carbons (Fsp3) is 0.120. The lowest BCUT2D eigenvalue weighted by molar-refractivity contribution is -0.385. The smallest absolute Gasteiger partial charge is 0.282 e. The summed E-state index contributed by atoms with van der Waals surface area (Å²) in [5.41, 5.74) is 3.84. The van der Waals surface area contributed by atoms with E-state index >= 15 is 0 Å². The van der Waals surface area contributed by atoms with Crippen LogP contribution >= 0.6 is 11.3 Å². The van der Waals surface area contributed by atoms with E-state index in [2.05, 4.69) is 41.5 Å². The summed E-state index contributed by atoms with van der Waals surface area (Å²) >= 11 is 1.40. The molecule has 0 atom stereocenters. The maximum absolute atomic E-state index is 12.7. The van der Waals surface area contributed by atoms with Crippen molar-refractivity contribution in [2.24, 2.45) is 0 Å². The quantitative estimate of drug-likeness (QED) is 0.258. The van der Waals surface area contributed by atoms with Gasteiger partial charge in [-0.2, -0.15) is 0 Å². The molecule has 0 aliphatic heterocycles. The lowest BCUT2D eigenvalue weighted by Gasteiger charge is -2.05. The number of nitro groups is 1. The molecule has 3 aromatic carbocycles. The first-order valence-corrected chi connectivity index (χ1v) is 11.1. The third kappa shape index (κ3) is 4.58. The lowest BCUT2D eigenvalue weighted by Crippen LogP contribution is -2.13. The molecular formula is C25H21N3O3S. The molecule has 1 heterocycles. The number of carbonyl (C=O) groups is 1. The summed E-state index contributed by atoms with van der Waals surface area (Å²) < 4.78 is 0. The molecule has 0 bridgehead atoms. The highest BCUT2D eigenvalue weighted by Crippen LogP contribution is 2.34. The molecule has 0 aliphatic rings. The van der Waals surface area contributed by atoms with Crippen molar-refractivity contribution in [3.63, 3.8) is 0 Å². The van der Waals surface area contributed by atoms with Gasteiger partial charge in [0.1, 0.15) is 5.56 Å². The van der Waals surface area contributed by atoms with Crippen LogP contribution in [-0.2, 0) is 6.42 Å². The topological polar surface area (TPSA) is 85.1 Å². The third-order valence-electron chi connectivity index (χ3n) is 5.01. The number of carbonyl (C=O) groups excluding carboxylic acids is 1. The van der Waals surface area contributed by atoms with Crippen molar-refractivity contribution in [2.75, 3.05) is 5.32 Å². The molecule has 4 rings (SSSR count). The summed E-state index contributed by atoms with van der Waals surface area (Å²) in [6, 6.07) is 24.2. The van der Waals surface area contributed by atoms with Crippen LogP contribution in [0.1, 0.15) is 28.6 Å². The Morgan fingerprint density at radius 1 is 0.938 bits per heavy atom. The maximum Gasteiger partial charge on any atom is 0.282 e. The standard InChI is InChI=1S/C25H21N3O3S/c1-2-8-22-23(19-15-13-18(14-16-19)17-9-4-3-5-10-17)26-25(32-22)27-24(29)20-11-6-7-12-21(20)28(30)31/h3-7,9-16H,2,8H2,1H3,(H,26,27,29). The number of thiazole rings is 1. The van der Waals surface area contributed by atoms with E-state index in [-0.39, 0.29) is 11.3 Å². The van der Waals surface area contributed by atoms with Crippen LogP contribution < -0.4 is 5.32 Å². The molecule has 0 saturated heterocycles. The molecule has 0 unspecified atom stereocenters. The molecule has 6 nitrogen and oxygen atoms in total. The van der Waals surface area contributed by atoms with Crippen LogP contribution in [-0.4, -0.2) is 15.8 Å². The third-order valence-corrected chi connectivity index (χ3v) is 6.04. The largest absolute Gasteiger partial charge is 0.298 e. The van der Waals surface area contributed by atoms with Gasteiger partial charge in [-0.15, -0.1) is 11.3 Å². The number of hydrogen-bond acceptors (Lipinski definition) is 5. The van der Waals surface area contributed by atoms with E-state index in [9.17, 15) is 14.9 Å². The Labute approximate surface area is 189 Å². The van der Waals surface area contributed by atoms with Crippen molar-refractivity contribution < 1.29 is 9.72 Å². The molecule has 32 heavy (non-hydrogen) atoms. The SMILES string of the molecule is CCCc1sc(NC(=O)c2ccccc2[N+](=O)[O-])nc1-c1ccc(-c2ccccc2)cc1.